The fourth-order valence-electron chi connectivity index (χ4n) is 1.83. The number of aromatic nitrogens is 1. The summed E-state index contributed by atoms with van der Waals surface area (Å²) in [4.78, 5) is 16.1. The third-order valence-corrected chi connectivity index (χ3v) is 4.18. The molecule has 94 valence electrons. The van der Waals surface area contributed by atoms with E-state index in [1.165, 1.54) is 11.3 Å². The van der Waals surface area contributed by atoms with Crippen molar-refractivity contribution in [3.63, 3.8) is 0 Å². The van der Waals surface area contributed by atoms with Crippen molar-refractivity contribution in [2.75, 3.05) is 6.61 Å². The lowest BCUT2D eigenvalue weighted by molar-refractivity contribution is 0.0638. The molecule has 0 radical (unpaired) electrons. The molecule has 1 heterocycles. The number of aliphatic hydroxyl groups is 1. The van der Waals surface area contributed by atoms with Crippen LogP contribution in [0.25, 0.3) is 0 Å². The number of rotatable bonds is 4. The lowest BCUT2D eigenvalue weighted by atomic mass is 9.77. The van der Waals surface area contributed by atoms with E-state index in [0.29, 0.717) is 5.69 Å². The highest BCUT2D eigenvalue weighted by Gasteiger charge is 2.38. The number of hydrogen-bond acceptors (Lipinski definition) is 5. The van der Waals surface area contributed by atoms with E-state index in [9.17, 15) is 9.90 Å². The van der Waals surface area contributed by atoms with Crippen molar-refractivity contribution in [1.29, 1.82) is 0 Å². The lowest BCUT2D eigenvalue weighted by Crippen LogP contribution is -2.56. The van der Waals surface area contributed by atoms with Gasteiger partial charge in [-0.1, -0.05) is 0 Å². The molecule has 0 aliphatic heterocycles. The van der Waals surface area contributed by atoms with Gasteiger partial charge in [0.1, 0.15) is 10.7 Å². The molecule has 6 heteroatoms. The maximum absolute atomic E-state index is 11.9. The molecule has 1 unspecified atom stereocenters. The summed E-state index contributed by atoms with van der Waals surface area (Å²) in [7, 11) is 0. The molecular formula is C11H17N3O2S. The van der Waals surface area contributed by atoms with E-state index in [0.717, 1.165) is 24.3 Å². The van der Waals surface area contributed by atoms with Crippen LogP contribution in [0.2, 0.25) is 0 Å². The highest BCUT2D eigenvalue weighted by Crippen LogP contribution is 2.31. The van der Waals surface area contributed by atoms with E-state index in [2.05, 4.69) is 10.3 Å². The van der Waals surface area contributed by atoms with Gasteiger partial charge in [-0.2, -0.15) is 0 Å². The Bertz CT molecular complexity index is 407. The van der Waals surface area contributed by atoms with Crippen LogP contribution in [0.3, 0.4) is 0 Å². The quantitative estimate of drug-likeness (QED) is 0.743. The third-order valence-electron chi connectivity index (χ3n) is 3.14. The van der Waals surface area contributed by atoms with Crippen LogP contribution in [-0.2, 0) is 0 Å². The van der Waals surface area contributed by atoms with Crippen molar-refractivity contribution in [1.82, 2.24) is 10.3 Å². The molecule has 1 aliphatic carbocycles. The fourth-order valence-corrected chi connectivity index (χ4v) is 2.59. The van der Waals surface area contributed by atoms with Crippen molar-refractivity contribution in [3.8, 4) is 0 Å². The number of nitrogens with one attached hydrogen (secondary N) is 1. The van der Waals surface area contributed by atoms with Crippen LogP contribution in [0.1, 0.15) is 47.7 Å². The molecule has 1 aromatic rings. The molecule has 1 aromatic heterocycles. The Balaban J connectivity index is 2.04. The second kappa shape index (κ2) is 4.72. The summed E-state index contributed by atoms with van der Waals surface area (Å²) in [5, 5.41) is 14.6. The number of amides is 1. The van der Waals surface area contributed by atoms with E-state index in [4.69, 9.17) is 5.73 Å². The summed E-state index contributed by atoms with van der Waals surface area (Å²) in [5.74, 6) is -0.220. The smallest absolute Gasteiger partial charge is 0.271 e. The summed E-state index contributed by atoms with van der Waals surface area (Å²) < 4.78 is 0. The Morgan fingerprint density at radius 1 is 1.76 bits per heavy atom. The van der Waals surface area contributed by atoms with Crippen LogP contribution in [0.4, 0.5) is 0 Å². The van der Waals surface area contributed by atoms with Crippen LogP contribution < -0.4 is 11.1 Å². The molecule has 4 N–H and O–H groups in total. The Morgan fingerprint density at radius 3 is 2.88 bits per heavy atom. The van der Waals surface area contributed by atoms with Gasteiger partial charge < -0.3 is 16.2 Å². The zero-order chi connectivity index (χ0) is 12.5. The molecule has 5 nitrogen and oxygen atoms in total. The summed E-state index contributed by atoms with van der Waals surface area (Å²) >= 11 is 1.39. The van der Waals surface area contributed by atoms with E-state index in [1.54, 1.807) is 5.38 Å². The normalized spacial score (nSPS) is 19.5. The monoisotopic (exact) mass is 255 g/mol. The molecular weight excluding hydrogens is 238 g/mol. The Kier molecular flexibility index (Phi) is 3.46. The minimum atomic E-state index is -0.421. The fraction of sp³-hybridized carbons (Fsp3) is 0.636. The second-order valence-electron chi connectivity index (χ2n) is 4.61. The number of carbonyl (C=O) groups excluding carboxylic acids is 1. The van der Waals surface area contributed by atoms with Gasteiger partial charge in [0.05, 0.1) is 18.2 Å². The van der Waals surface area contributed by atoms with Crippen LogP contribution in [0.5, 0.6) is 0 Å². The third kappa shape index (κ3) is 2.48. The molecule has 17 heavy (non-hydrogen) atoms. The van der Waals surface area contributed by atoms with Crippen molar-refractivity contribution in [3.05, 3.63) is 16.1 Å². The van der Waals surface area contributed by atoms with Gasteiger partial charge in [0.25, 0.3) is 5.91 Å². The molecule has 0 aromatic carbocycles. The van der Waals surface area contributed by atoms with Crippen molar-refractivity contribution < 1.29 is 9.90 Å². The van der Waals surface area contributed by atoms with Gasteiger partial charge in [-0.15, -0.1) is 11.3 Å². The first kappa shape index (κ1) is 12.5. The van der Waals surface area contributed by atoms with E-state index in [1.807, 2.05) is 6.92 Å². The summed E-state index contributed by atoms with van der Waals surface area (Å²) in [5.41, 5.74) is 5.66. The largest absolute Gasteiger partial charge is 0.394 e. The predicted octanol–water partition coefficient (Wildman–Crippen LogP) is 0.808. The molecule has 1 aliphatic rings. The van der Waals surface area contributed by atoms with Crippen LogP contribution in [-0.4, -0.2) is 28.1 Å². The first-order valence-corrected chi connectivity index (χ1v) is 6.59. The van der Waals surface area contributed by atoms with Gasteiger partial charge in [0.15, 0.2) is 0 Å². The standard InChI is InChI=1S/C11H17N3O2S/c1-7(12)10-13-8(5-17-10)9(16)14-11(6-15)3-2-4-11/h5,7,15H,2-4,6,12H2,1H3,(H,14,16). The number of thiazole rings is 1. The minimum Gasteiger partial charge on any atom is -0.394 e. The van der Waals surface area contributed by atoms with Crippen LogP contribution in [0, 0.1) is 0 Å². The molecule has 0 saturated heterocycles. The first-order valence-electron chi connectivity index (χ1n) is 5.71. The number of nitrogens with zero attached hydrogens (tertiary/aromatic N) is 1. The zero-order valence-corrected chi connectivity index (χ0v) is 10.6. The number of nitrogens with two attached hydrogens (primary N) is 1. The molecule has 2 rings (SSSR count). The molecule has 1 saturated carbocycles. The van der Waals surface area contributed by atoms with Gasteiger partial charge in [-0.3, -0.25) is 4.79 Å². The minimum absolute atomic E-state index is 0.0109. The molecule has 0 bridgehead atoms. The zero-order valence-electron chi connectivity index (χ0n) is 9.77. The number of carbonyl (C=O) groups is 1. The topological polar surface area (TPSA) is 88.2 Å². The van der Waals surface area contributed by atoms with Gasteiger partial charge >= 0.3 is 0 Å². The molecule has 1 fully saturated rings. The van der Waals surface area contributed by atoms with Gasteiger partial charge in [0, 0.05) is 5.38 Å². The highest BCUT2D eigenvalue weighted by molar-refractivity contribution is 7.09. The maximum atomic E-state index is 11.9. The molecule has 1 atom stereocenters. The Morgan fingerprint density at radius 2 is 2.47 bits per heavy atom. The second-order valence-corrected chi connectivity index (χ2v) is 5.50. The number of aliphatic hydroxyl groups excluding tert-OH is 1. The van der Waals surface area contributed by atoms with Gasteiger partial charge in [-0.25, -0.2) is 4.98 Å². The van der Waals surface area contributed by atoms with Crippen molar-refractivity contribution in [2.45, 2.75) is 37.8 Å². The summed E-state index contributed by atoms with van der Waals surface area (Å²) in [6, 6.07) is -0.156. The van der Waals surface area contributed by atoms with E-state index in [-0.39, 0.29) is 18.6 Å². The average molecular weight is 255 g/mol. The van der Waals surface area contributed by atoms with Gasteiger partial charge in [0.2, 0.25) is 0 Å². The van der Waals surface area contributed by atoms with Gasteiger partial charge in [-0.05, 0) is 26.2 Å². The Labute approximate surface area is 104 Å². The summed E-state index contributed by atoms with van der Waals surface area (Å²) in [6.07, 6.45) is 2.71. The van der Waals surface area contributed by atoms with Crippen LogP contribution in [0.15, 0.2) is 5.38 Å². The van der Waals surface area contributed by atoms with E-state index < -0.39 is 5.54 Å². The van der Waals surface area contributed by atoms with Crippen molar-refractivity contribution >= 4 is 17.2 Å². The molecule has 0 spiro atoms. The average Bonchev–Trinajstić information content (AvgIpc) is 2.72. The lowest BCUT2D eigenvalue weighted by Gasteiger charge is -2.40. The summed E-state index contributed by atoms with van der Waals surface area (Å²) in [6.45, 7) is 1.82. The van der Waals surface area contributed by atoms with Crippen LogP contribution >= 0.6 is 11.3 Å². The molecule has 1 amide bonds. The van der Waals surface area contributed by atoms with E-state index >= 15 is 0 Å². The Hall–Kier alpha value is -0.980. The van der Waals surface area contributed by atoms with Crippen molar-refractivity contribution in [2.24, 2.45) is 5.73 Å². The SMILES string of the molecule is CC(N)c1nc(C(=O)NC2(CO)CCC2)cs1. The maximum Gasteiger partial charge on any atom is 0.271 e. The first-order chi connectivity index (χ1) is 8.06. The number of hydrogen-bond donors (Lipinski definition) is 3. The highest BCUT2D eigenvalue weighted by atomic mass is 32.1. The predicted molar refractivity (Wildman–Crippen MR) is 65.9 cm³/mol.